The van der Waals surface area contributed by atoms with Crippen LogP contribution in [0.3, 0.4) is 0 Å². The number of pyridine rings is 1. The molecule has 2 aromatic rings. The van der Waals surface area contributed by atoms with E-state index in [1.165, 1.54) is 6.07 Å². The van der Waals surface area contributed by atoms with Gasteiger partial charge in [-0.05, 0) is 23.8 Å². The third-order valence-electron chi connectivity index (χ3n) is 2.48. The molecule has 1 aromatic heterocycles. The Labute approximate surface area is 118 Å². The Hall–Kier alpha value is -1.95. The van der Waals surface area contributed by atoms with Gasteiger partial charge in [0, 0.05) is 17.6 Å². The van der Waals surface area contributed by atoms with Gasteiger partial charge < -0.3 is 4.74 Å². The van der Waals surface area contributed by atoms with Crippen molar-refractivity contribution in [2.45, 2.75) is 11.9 Å². The van der Waals surface area contributed by atoms with Crippen LogP contribution in [0.25, 0.3) is 0 Å². The first-order valence-electron chi connectivity index (χ1n) is 5.56. The molecule has 0 N–H and O–H groups in total. The van der Waals surface area contributed by atoms with E-state index in [1.807, 2.05) is 6.07 Å². The number of aromatic nitrogens is 1. The maximum atomic E-state index is 10.9. The van der Waals surface area contributed by atoms with Crippen molar-refractivity contribution in [3.8, 4) is 5.75 Å². The number of ether oxygens (including phenoxy) is 1. The lowest BCUT2D eigenvalue weighted by molar-refractivity contribution is -0.386. The lowest BCUT2D eigenvalue weighted by atomic mass is 10.2. The fourth-order valence-electron chi connectivity index (χ4n) is 1.54. The molecule has 1 heterocycles. The lowest BCUT2D eigenvalue weighted by Gasteiger charge is -2.07. The van der Waals surface area contributed by atoms with Gasteiger partial charge in [-0.15, -0.1) is 0 Å². The lowest BCUT2D eigenvalue weighted by Crippen LogP contribution is -2.01. The van der Waals surface area contributed by atoms with E-state index < -0.39 is 4.92 Å². The molecule has 0 saturated carbocycles. The second-order valence-electron chi connectivity index (χ2n) is 3.80. The van der Waals surface area contributed by atoms with Crippen LogP contribution in [0.4, 0.5) is 5.69 Å². The van der Waals surface area contributed by atoms with Crippen LogP contribution in [0.5, 0.6) is 5.75 Å². The molecule has 0 atom stereocenters. The molecule has 0 saturated heterocycles. The Morgan fingerprint density at radius 2 is 2.16 bits per heavy atom. The first-order valence-corrected chi connectivity index (χ1v) is 6.69. The van der Waals surface area contributed by atoms with Gasteiger partial charge in [-0.3, -0.25) is 15.1 Å². The maximum absolute atomic E-state index is 10.9. The number of nitro benzene ring substituents is 1. The average Bonchev–Trinajstić information content (AvgIpc) is 2.45. The number of nitrogens with zero attached hydrogens (tertiary/aromatic N) is 2. The number of benzene rings is 1. The van der Waals surface area contributed by atoms with Crippen LogP contribution in [0, 0.1) is 10.1 Å². The van der Waals surface area contributed by atoms with E-state index in [2.05, 4.69) is 20.9 Å². The SMILES string of the molecule is O=[N+]([O-])c1ccc(CBr)cc1OCc1ccccn1. The summed E-state index contributed by atoms with van der Waals surface area (Å²) in [4.78, 5) is 14.6. The summed E-state index contributed by atoms with van der Waals surface area (Å²) < 4.78 is 5.50. The molecule has 0 bridgehead atoms. The highest BCUT2D eigenvalue weighted by Gasteiger charge is 2.15. The van der Waals surface area contributed by atoms with Crippen LogP contribution in [0.2, 0.25) is 0 Å². The molecule has 0 amide bonds. The van der Waals surface area contributed by atoms with Crippen molar-refractivity contribution in [3.63, 3.8) is 0 Å². The molecule has 5 nitrogen and oxygen atoms in total. The highest BCUT2D eigenvalue weighted by atomic mass is 79.9. The standard InChI is InChI=1S/C13H11BrN2O3/c14-8-10-4-5-12(16(17)18)13(7-10)19-9-11-3-1-2-6-15-11/h1-7H,8-9H2. The molecular weight excluding hydrogens is 312 g/mol. The Kier molecular flexibility index (Phi) is 4.46. The van der Waals surface area contributed by atoms with E-state index in [0.717, 1.165) is 11.3 Å². The highest BCUT2D eigenvalue weighted by molar-refractivity contribution is 9.08. The summed E-state index contributed by atoms with van der Waals surface area (Å²) in [5.74, 6) is 0.257. The normalized spacial score (nSPS) is 10.2. The predicted octanol–water partition coefficient (Wildman–Crippen LogP) is 3.46. The van der Waals surface area contributed by atoms with Crippen molar-refractivity contribution in [2.24, 2.45) is 0 Å². The number of hydrogen-bond acceptors (Lipinski definition) is 4. The number of nitro groups is 1. The van der Waals surface area contributed by atoms with Crippen LogP contribution in [0.1, 0.15) is 11.3 Å². The number of halogens is 1. The third-order valence-corrected chi connectivity index (χ3v) is 3.12. The molecule has 0 aliphatic heterocycles. The molecule has 2 rings (SSSR count). The summed E-state index contributed by atoms with van der Waals surface area (Å²) in [5.41, 5.74) is 1.60. The van der Waals surface area contributed by atoms with E-state index in [1.54, 1.807) is 30.5 Å². The van der Waals surface area contributed by atoms with Crippen LogP contribution < -0.4 is 4.74 Å². The summed E-state index contributed by atoms with van der Waals surface area (Å²) in [5, 5.41) is 11.5. The monoisotopic (exact) mass is 322 g/mol. The number of hydrogen-bond donors (Lipinski definition) is 0. The topological polar surface area (TPSA) is 65.3 Å². The zero-order chi connectivity index (χ0) is 13.7. The summed E-state index contributed by atoms with van der Waals surface area (Å²) in [6.07, 6.45) is 1.65. The Balaban J connectivity index is 2.20. The molecule has 1 aromatic carbocycles. The second kappa shape index (κ2) is 6.29. The van der Waals surface area contributed by atoms with Gasteiger partial charge in [0.1, 0.15) is 6.61 Å². The molecule has 0 aliphatic carbocycles. The Morgan fingerprint density at radius 3 is 2.79 bits per heavy atom. The van der Waals surface area contributed by atoms with Crippen molar-refractivity contribution < 1.29 is 9.66 Å². The third kappa shape index (κ3) is 3.51. The maximum Gasteiger partial charge on any atom is 0.310 e. The largest absolute Gasteiger partial charge is 0.480 e. The molecule has 6 heteroatoms. The fraction of sp³-hybridized carbons (Fsp3) is 0.154. The Morgan fingerprint density at radius 1 is 1.32 bits per heavy atom. The number of rotatable bonds is 5. The van der Waals surface area contributed by atoms with Gasteiger partial charge in [0.2, 0.25) is 0 Å². The summed E-state index contributed by atoms with van der Waals surface area (Å²) in [7, 11) is 0. The highest BCUT2D eigenvalue weighted by Crippen LogP contribution is 2.29. The molecular formula is C13H11BrN2O3. The van der Waals surface area contributed by atoms with Crippen molar-refractivity contribution in [1.82, 2.24) is 4.98 Å². The average molecular weight is 323 g/mol. The molecule has 0 spiro atoms. The first kappa shape index (κ1) is 13.5. The minimum atomic E-state index is -0.453. The van der Waals surface area contributed by atoms with Crippen molar-refractivity contribution in [1.29, 1.82) is 0 Å². The second-order valence-corrected chi connectivity index (χ2v) is 4.36. The first-order chi connectivity index (χ1) is 9.20. The zero-order valence-electron chi connectivity index (χ0n) is 9.95. The van der Waals surface area contributed by atoms with Crippen molar-refractivity contribution in [3.05, 3.63) is 64.0 Å². The van der Waals surface area contributed by atoms with Gasteiger partial charge in [0.15, 0.2) is 5.75 Å². The van der Waals surface area contributed by atoms with Crippen LogP contribution in [-0.4, -0.2) is 9.91 Å². The molecule has 0 unspecified atom stereocenters. The molecule has 19 heavy (non-hydrogen) atoms. The van der Waals surface area contributed by atoms with Gasteiger partial charge in [-0.1, -0.05) is 28.1 Å². The van der Waals surface area contributed by atoms with Gasteiger partial charge in [0.05, 0.1) is 10.6 Å². The van der Waals surface area contributed by atoms with Gasteiger partial charge in [0.25, 0.3) is 0 Å². The van der Waals surface area contributed by atoms with Crippen LogP contribution in [-0.2, 0) is 11.9 Å². The van der Waals surface area contributed by atoms with Crippen molar-refractivity contribution >= 4 is 21.6 Å². The van der Waals surface area contributed by atoms with Crippen LogP contribution >= 0.6 is 15.9 Å². The smallest absolute Gasteiger partial charge is 0.310 e. The fourth-order valence-corrected chi connectivity index (χ4v) is 1.89. The number of alkyl halides is 1. The van der Waals surface area contributed by atoms with E-state index in [4.69, 9.17) is 4.74 Å². The molecule has 0 radical (unpaired) electrons. The molecule has 98 valence electrons. The van der Waals surface area contributed by atoms with Gasteiger partial charge >= 0.3 is 5.69 Å². The summed E-state index contributed by atoms with van der Waals surface area (Å²) >= 11 is 3.31. The molecule has 0 fully saturated rings. The van der Waals surface area contributed by atoms with Crippen molar-refractivity contribution in [2.75, 3.05) is 0 Å². The predicted molar refractivity (Wildman–Crippen MR) is 74.3 cm³/mol. The Bertz CT molecular complexity index is 575. The quantitative estimate of drug-likeness (QED) is 0.480. The zero-order valence-corrected chi connectivity index (χ0v) is 11.5. The van der Waals surface area contributed by atoms with E-state index in [-0.39, 0.29) is 18.0 Å². The summed E-state index contributed by atoms with van der Waals surface area (Å²) in [6.45, 7) is 0.202. The van der Waals surface area contributed by atoms with Gasteiger partial charge in [-0.25, -0.2) is 0 Å². The van der Waals surface area contributed by atoms with E-state index >= 15 is 0 Å². The minimum Gasteiger partial charge on any atom is -0.480 e. The van der Waals surface area contributed by atoms with E-state index in [9.17, 15) is 10.1 Å². The minimum absolute atomic E-state index is 0.0411. The van der Waals surface area contributed by atoms with E-state index in [0.29, 0.717) is 5.33 Å². The van der Waals surface area contributed by atoms with Gasteiger partial charge in [-0.2, -0.15) is 0 Å². The van der Waals surface area contributed by atoms with Crippen LogP contribution in [0.15, 0.2) is 42.6 Å². The molecule has 0 aliphatic rings. The summed E-state index contributed by atoms with van der Waals surface area (Å²) in [6, 6.07) is 10.3.